The van der Waals surface area contributed by atoms with Gasteiger partial charge in [-0.25, -0.2) is 13.4 Å². The van der Waals surface area contributed by atoms with Crippen molar-refractivity contribution in [3.8, 4) is 16.9 Å². The molecule has 28 heavy (non-hydrogen) atoms. The molecule has 1 amide bonds. The first-order chi connectivity index (χ1) is 13.3. The molecule has 0 radical (unpaired) electrons. The van der Waals surface area contributed by atoms with E-state index in [1.54, 1.807) is 15.6 Å². The van der Waals surface area contributed by atoms with E-state index in [-0.39, 0.29) is 5.56 Å². The minimum absolute atomic E-state index is 0.109. The van der Waals surface area contributed by atoms with Crippen molar-refractivity contribution in [2.45, 2.75) is 38.6 Å². The van der Waals surface area contributed by atoms with E-state index < -0.39 is 39.9 Å². The molecule has 0 bridgehead atoms. The van der Waals surface area contributed by atoms with Crippen LogP contribution >= 0.6 is 0 Å². The van der Waals surface area contributed by atoms with Crippen LogP contribution in [0.15, 0.2) is 24.5 Å². The van der Waals surface area contributed by atoms with Crippen LogP contribution in [0.4, 0.5) is 10.1 Å². The van der Waals surface area contributed by atoms with Gasteiger partial charge in [-0.3, -0.25) is 9.48 Å². The highest BCUT2D eigenvalue weighted by Crippen LogP contribution is 2.38. The van der Waals surface area contributed by atoms with Crippen LogP contribution in [0.3, 0.4) is 0 Å². The van der Waals surface area contributed by atoms with Gasteiger partial charge in [0.2, 0.25) is 0 Å². The Hall–Kier alpha value is -2.62. The molecule has 1 aliphatic carbocycles. The Morgan fingerprint density at radius 3 is 2.68 bits per heavy atom. The number of amides is 1. The number of aromatic hydroxyl groups is 1. The minimum atomic E-state index is -4.23. The largest absolute Gasteiger partial charge is 0.506 e. The van der Waals surface area contributed by atoms with Crippen LogP contribution in [-0.4, -0.2) is 35.8 Å². The Labute approximate surface area is 162 Å². The quantitative estimate of drug-likeness (QED) is 0.807. The van der Waals surface area contributed by atoms with Gasteiger partial charge in [-0.2, -0.15) is 13.5 Å². The molecule has 8 nitrogen and oxygen atoms in total. The fourth-order valence-electron chi connectivity index (χ4n) is 3.90. The van der Waals surface area contributed by atoms with Crippen molar-refractivity contribution in [2.75, 3.05) is 10.8 Å². The molecule has 2 N–H and O–H groups in total. The average Bonchev–Trinajstić information content (AvgIpc) is 3.19. The molecule has 10 heteroatoms. The summed E-state index contributed by atoms with van der Waals surface area (Å²) in [5.41, 5.74) is 0.0403. The van der Waals surface area contributed by atoms with Gasteiger partial charge in [0.05, 0.1) is 6.20 Å². The Morgan fingerprint density at radius 2 is 2.00 bits per heavy atom. The lowest BCUT2D eigenvalue weighted by atomic mass is 9.89. The lowest BCUT2D eigenvalue weighted by Gasteiger charge is -2.21. The summed E-state index contributed by atoms with van der Waals surface area (Å²) in [5, 5.41) is 14.4. The standard InChI is InChI=1S/C18H21FN4O4S/c19-17-14(13-8-20-22(10-13)9-12-4-2-1-3-5-12)6-7-15(24)18(17)23-11-16(25)21-28(23,26)27/h6-8,10,12,24H,1-5,9,11H2,(H,21,25). The van der Waals surface area contributed by atoms with Gasteiger partial charge in [0.15, 0.2) is 5.82 Å². The lowest BCUT2D eigenvalue weighted by molar-refractivity contribution is -0.117. The maximum absolute atomic E-state index is 15.2. The predicted octanol–water partition coefficient (Wildman–Crippen LogP) is 2.16. The second-order valence-corrected chi connectivity index (χ2v) is 8.88. The molecular weight excluding hydrogens is 387 g/mol. The molecule has 2 aromatic rings. The van der Waals surface area contributed by atoms with Crippen molar-refractivity contribution >= 4 is 21.8 Å². The third-order valence-corrected chi connectivity index (χ3v) is 6.66. The fraction of sp³-hybridized carbons (Fsp3) is 0.444. The van der Waals surface area contributed by atoms with Gasteiger partial charge in [-0.1, -0.05) is 19.3 Å². The van der Waals surface area contributed by atoms with E-state index in [2.05, 4.69) is 5.10 Å². The molecule has 1 aromatic carbocycles. The Bertz CT molecular complexity index is 1010. The van der Waals surface area contributed by atoms with Crippen molar-refractivity contribution in [3.05, 3.63) is 30.3 Å². The van der Waals surface area contributed by atoms with Gasteiger partial charge < -0.3 is 5.11 Å². The molecule has 0 unspecified atom stereocenters. The number of phenolic OH excluding ortho intramolecular Hbond substituents is 1. The topological polar surface area (TPSA) is 105 Å². The molecule has 1 saturated carbocycles. The molecule has 150 valence electrons. The van der Waals surface area contributed by atoms with E-state index in [0.717, 1.165) is 19.4 Å². The number of rotatable bonds is 4. The zero-order chi connectivity index (χ0) is 19.9. The monoisotopic (exact) mass is 408 g/mol. The van der Waals surface area contributed by atoms with Crippen molar-refractivity contribution in [1.82, 2.24) is 14.5 Å². The molecule has 2 heterocycles. The summed E-state index contributed by atoms with van der Waals surface area (Å²) < 4.78 is 43.3. The number of aromatic nitrogens is 2. The molecule has 0 spiro atoms. The minimum Gasteiger partial charge on any atom is -0.506 e. The van der Waals surface area contributed by atoms with Crippen LogP contribution in [0.1, 0.15) is 32.1 Å². The Kier molecular flexibility index (Phi) is 4.74. The number of halogens is 1. The van der Waals surface area contributed by atoms with Crippen LogP contribution in [0.2, 0.25) is 0 Å². The third kappa shape index (κ3) is 3.44. The summed E-state index contributed by atoms with van der Waals surface area (Å²) in [4.78, 5) is 11.5. The van der Waals surface area contributed by atoms with Crippen LogP contribution in [0.5, 0.6) is 5.75 Å². The number of carbonyl (C=O) groups is 1. The highest BCUT2D eigenvalue weighted by atomic mass is 32.2. The first-order valence-corrected chi connectivity index (χ1v) is 10.7. The van der Waals surface area contributed by atoms with E-state index in [1.807, 2.05) is 0 Å². The predicted molar refractivity (Wildman–Crippen MR) is 100 cm³/mol. The summed E-state index contributed by atoms with van der Waals surface area (Å²) in [7, 11) is -4.23. The zero-order valence-corrected chi connectivity index (χ0v) is 16.0. The number of carbonyl (C=O) groups excluding carboxylic acids is 1. The molecule has 4 rings (SSSR count). The van der Waals surface area contributed by atoms with Crippen molar-refractivity contribution < 1.29 is 22.7 Å². The molecular formula is C18H21FN4O4S. The summed E-state index contributed by atoms with van der Waals surface area (Å²) in [6.07, 6.45) is 9.23. The molecule has 1 aliphatic heterocycles. The lowest BCUT2D eigenvalue weighted by Crippen LogP contribution is -2.30. The molecule has 1 aromatic heterocycles. The average molecular weight is 408 g/mol. The van der Waals surface area contributed by atoms with E-state index in [1.165, 1.54) is 37.6 Å². The summed E-state index contributed by atoms with van der Waals surface area (Å²) in [6.45, 7) is 0.169. The van der Waals surface area contributed by atoms with Gasteiger partial charge >= 0.3 is 10.2 Å². The van der Waals surface area contributed by atoms with Gasteiger partial charge in [0.25, 0.3) is 5.91 Å². The maximum atomic E-state index is 15.2. The van der Waals surface area contributed by atoms with Crippen LogP contribution < -0.4 is 9.03 Å². The molecule has 0 atom stereocenters. The first kappa shape index (κ1) is 18.7. The maximum Gasteiger partial charge on any atom is 0.326 e. The second-order valence-electron chi connectivity index (χ2n) is 7.29. The third-order valence-electron chi connectivity index (χ3n) is 5.28. The number of nitrogens with one attached hydrogen (secondary N) is 1. The summed E-state index contributed by atoms with van der Waals surface area (Å²) >= 11 is 0. The molecule has 1 saturated heterocycles. The highest BCUT2D eigenvalue weighted by Gasteiger charge is 2.38. The van der Waals surface area contributed by atoms with Crippen molar-refractivity contribution in [1.29, 1.82) is 0 Å². The van der Waals surface area contributed by atoms with Gasteiger partial charge in [-0.05, 0) is 30.9 Å². The van der Waals surface area contributed by atoms with Crippen molar-refractivity contribution in [3.63, 3.8) is 0 Å². The van der Waals surface area contributed by atoms with E-state index in [4.69, 9.17) is 0 Å². The molecule has 2 aliphatic rings. The van der Waals surface area contributed by atoms with Crippen LogP contribution in [0.25, 0.3) is 11.1 Å². The number of phenols is 1. The Balaban J connectivity index is 1.65. The van der Waals surface area contributed by atoms with Crippen LogP contribution in [0, 0.1) is 11.7 Å². The smallest absolute Gasteiger partial charge is 0.326 e. The van der Waals surface area contributed by atoms with Crippen LogP contribution in [-0.2, 0) is 21.5 Å². The highest BCUT2D eigenvalue weighted by molar-refractivity contribution is 7.92. The van der Waals surface area contributed by atoms with E-state index >= 15 is 4.39 Å². The number of nitrogens with zero attached hydrogens (tertiary/aromatic N) is 3. The van der Waals surface area contributed by atoms with Gasteiger partial charge in [-0.15, -0.1) is 0 Å². The van der Waals surface area contributed by atoms with E-state index in [9.17, 15) is 18.3 Å². The Morgan fingerprint density at radius 1 is 1.25 bits per heavy atom. The zero-order valence-electron chi connectivity index (χ0n) is 15.1. The summed E-state index contributed by atoms with van der Waals surface area (Å²) in [6, 6.07) is 2.58. The number of hydrogen-bond acceptors (Lipinski definition) is 5. The van der Waals surface area contributed by atoms with Gasteiger partial charge in [0, 0.05) is 23.9 Å². The number of anilines is 1. The fourth-order valence-corrected chi connectivity index (χ4v) is 5.06. The number of benzene rings is 1. The summed E-state index contributed by atoms with van der Waals surface area (Å²) in [5.74, 6) is -1.72. The molecule has 2 fully saturated rings. The second kappa shape index (κ2) is 7.08. The number of hydrogen-bond donors (Lipinski definition) is 2. The first-order valence-electron chi connectivity index (χ1n) is 9.23. The SMILES string of the molecule is O=C1CN(c2c(O)ccc(-c3cnn(CC4CCCCC4)c3)c2F)S(=O)(=O)N1. The van der Waals surface area contributed by atoms with E-state index in [0.29, 0.717) is 15.8 Å². The van der Waals surface area contributed by atoms with Crippen molar-refractivity contribution in [2.24, 2.45) is 5.92 Å². The van der Waals surface area contributed by atoms with Gasteiger partial charge in [0.1, 0.15) is 18.0 Å². The normalized spacial score (nSPS) is 19.8.